The summed E-state index contributed by atoms with van der Waals surface area (Å²) >= 11 is 0. The van der Waals surface area contributed by atoms with Crippen LogP contribution in [0.15, 0.2) is 24.3 Å². The van der Waals surface area contributed by atoms with E-state index in [1.54, 1.807) is 12.1 Å². The van der Waals surface area contributed by atoms with Gasteiger partial charge in [-0.15, -0.1) is 0 Å². The number of hydrogen-bond donors (Lipinski definition) is 0. The van der Waals surface area contributed by atoms with Gasteiger partial charge in [-0.3, -0.25) is 4.79 Å². The molecular weight excluding hydrogens is 319 g/mol. The molecule has 2 aliphatic rings. The van der Waals surface area contributed by atoms with Crippen LogP contribution in [0.5, 0.6) is 0 Å². The lowest BCUT2D eigenvalue weighted by Crippen LogP contribution is -2.41. The van der Waals surface area contributed by atoms with E-state index >= 15 is 0 Å². The number of carbonyl (C=O) groups is 1. The van der Waals surface area contributed by atoms with E-state index in [1.165, 1.54) is 25.0 Å². The lowest BCUT2D eigenvalue weighted by molar-refractivity contribution is -0.134. The topological polar surface area (TPSA) is 51.0 Å². The molecule has 0 radical (unpaired) electrons. The van der Waals surface area contributed by atoms with Crippen molar-refractivity contribution in [2.45, 2.75) is 57.5 Å². The van der Waals surface area contributed by atoms with Crippen LogP contribution in [0.25, 0.3) is 0 Å². The van der Waals surface area contributed by atoms with Crippen molar-refractivity contribution in [2.24, 2.45) is 0 Å². The second-order valence-corrected chi connectivity index (χ2v) is 7.07. The van der Waals surface area contributed by atoms with Crippen molar-refractivity contribution in [2.75, 3.05) is 6.54 Å². The van der Waals surface area contributed by atoms with Crippen LogP contribution in [0.3, 0.4) is 0 Å². The first-order valence-electron chi connectivity index (χ1n) is 9.10. The summed E-state index contributed by atoms with van der Waals surface area (Å²) in [6.07, 6.45) is 4.43. The third-order valence-electron chi connectivity index (χ3n) is 5.14. The van der Waals surface area contributed by atoms with E-state index < -0.39 is 0 Å². The molecule has 132 valence electrons. The fraction of sp³-hybridized carbons (Fsp3) is 0.526. The number of hydrogen-bond acceptors (Lipinski definition) is 3. The molecule has 25 heavy (non-hydrogen) atoms. The number of aryl methyl sites for hydroxylation is 1. The average molecular weight is 342 g/mol. The van der Waals surface area contributed by atoms with E-state index in [4.69, 9.17) is 0 Å². The number of halogens is 1. The van der Waals surface area contributed by atoms with Gasteiger partial charge in [0.15, 0.2) is 5.82 Å². The highest BCUT2D eigenvalue weighted by molar-refractivity contribution is 5.76. The second-order valence-electron chi connectivity index (χ2n) is 7.07. The minimum absolute atomic E-state index is 0.0212. The molecule has 4 rings (SSSR count). The molecule has 5 nitrogen and oxygen atoms in total. The zero-order chi connectivity index (χ0) is 17.4. The van der Waals surface area contributed by atoms with Gasteiger partial charge >= 0.3 is 0 Å². The molecule has 1 aliphatic carbocycles. The maximum absolute atomic E-state index is 12.9. The summed E-state index contributed by atoms with van der Waals surface area (Å²) in [4.78, 5) is 19.2. The Bertz CT molecular complexity index is 766. The first kappa shape index (κ1) is 16.2. The van der Waals surface area contributed by atoms with Crippen LogP contribution in [0.4, 0.5) is 4.39 Å². The van der Waals surface area contributed by atoms with Gasteiger partial charge in [0.2, 0.25) is 5.91 Å². The molecule has 1 saturated carbocycles. The highest BCUT2D eigenvalue weighted by atomic mass is 19.1. The SMILES string of the molecule is C[C@@H]1c2nc(C3CC3)nn2CCN1C(=O)CCCc1ccc(F)cc1. The van der Waals surface area contributed by atoms with Crippen molar-refractivity contribution in [1.29, 1.82) is 0 Å². The summed E-state index contributed by atoms with van der Waals surface area (Å²) in [5, 5.41) is 4.60. The fourth-order valence-corrected chi connectivity index (χ4v) is 3.48. The molecule has 1 aliphatic heterocycles. The number of carbonyl (C=O) groups excluding carboxylic acids is 1. The standard InChI is InChI=1S/C19H23FN4O/c1-13-19-21-18(15-7-8-15)22-24(19)12-11-23(13)17(25)4-2-3-14-5-9-16(20)10-6-14/h5-6,9-10,13,15H,2-4,7-8,11-12H2,1H3/t13-/m1/s1. The molecular formula is C19H23FN4O. The van der Waals surface area contributed by atoms with Gasteiger partial charge in [-0.2, -0.15) is 5.10 Å². The maximum Gasteiger partial charge on any atom is 0.223 e. The molecule has 1 atom stereocenters. The highest BCUT2D eigenvalue weighted by Gasteiger charge is 2.34. The summed E-state index contributed by atoms with van der Waals surface area (Å²) in [6, 6.07) is 6.48. The lowest BCUT2D eigenvalue weighted by Gasteiger charge is -2.33. The molecule has 0 unspecified atom stereocenters. The molecule has 1 aromatic carbocycles. The summed E-state index contributed by atoms with van der Waals surface area (Å²) in [7, 11) is 0. The first-order valence-corrected chi connectivity index (χ1v) is 9.10. The Morgan fingerprint density at radius 2 is 2.00 bits per heavy atom. The van der Waals surface area contributed by atoms with Gasteiger partial charge in [0, 0.05) is 18.9 Å². The molecule has 2 aromatic rings. The van der Waals surface area contributed by atoms with Crippen LogP contribution in [0.1, 0.15) is 61.8 Å². The zero-order valence-electron chi connectivity index (χ0n) is 14.5. The van der Waals surface area contributed by atoms with Crippen LogP contribution in [0.2, 0.25) is 0 Å². The maximum atomic E-state index is 12.9. The third kappa shape index (κ3) is 3.43. The van der Waals surface area contributed by atoms with E-state index in [0.717, 1.165) is 36.6 Å². The smallest absolute Gasteiger partial charge is 0.223 e. The monoisotopic (exact) mass is 342 g/mol. The van der Waals surface area contributed by atoms with E-state index in [2.05, 4.69) is 10.1 Å². The summed E-state index contributed by atoms with van der Waals surface area (Å²) in [5.41, 5.74) is 1.06. The normalized spacial score (nSPS) is 19.8. The van der Waals surface area contributed by atoms with Gasteiger partial charge in [-0.25, -0.2) is 14.1 Å². The van der Waals surface area contributed by atoms with Gasteiger partial charge < -0.3 is 4.90 Å². The predicted molar refractivity (Wildman–Crippen MR) is 91.5 cm³/mol. The molecule has 0 spiro atoms. The quantitative estimate of drug-likeness (QED) is 0.838. The molecule has 0 N–H and O–H groups in total. The predicted octanol–water partition coefficient (Wildman–Crippen LogP) is 3.22. The van der Waals surface area contributed by atoms with Crippen molar-refractivity contribution in [3.63, 3.8) is 0 Å². The number of nitrogens with zero attached hydrogens (tertiary/aromatic N) is 4. The summed E-state index contributed by atoms with van der Waals surface area (Å²) in [6.45, 7) is 3.45. The van der Waals surface area contributed by atoms with Gasteiger partial charge in [0.25, 0.3) is 0 Å². The number of rotatable bonds is 5. The van der Waals surface area contributed by atoms with Crippen LogP contribution < -0.4 is 0 Å². The number of benzene rings is 1. The Kier molecular flexibility index (Phi) is 4.27. The number of amides is 1. The van der Waals surface area contributed by atoms with Gasteiger partial charge in [-0.1, -0.05) is 12.1 Å². The fourth-order valence-electron chi connectivity index (χ4n) is 3.48. The second kappa shape index (κ2) is 6.58. The van der Waals surface area contributed by atoms with Gasteiger partial charge in [0.05, 0.1) is 12.6 Å². The Morgan fingerprint density at radius 1 is 1.24 bits per heavy atom. The van der Waals surface area contributed by atoms with Crippen LogP contribution in [-0.2, 0) is 17.8 Å². The van der Waals surface area contributed by atoms with Crippen molar-refractivity contribution >= 4 is 5.91 Å². The first-order chi connectivity index (χ1) is 12.1. The van der Waals surface area contributed by atoms with Crippen molar-refractivity contribution in [3.8, 4) is 0 Å². The molecule has 1 amide bonds. The highest BCUT2D eigenvalue weighted by Crippen LogP contribution is 2.39. The van der Waals surface area contributed by atoms with E-state index in [-0.39, 0.29) is 17.8 Å². The van der Waals surface area contributed by atoms with Crippen molar-refractivity contribution < 1.29 is 9.18 Å². The van der Waals surface area contributed by atoms with Crippen molar-refractivity contribution in [1.82, 2.24) is 19.7 Å². The largest absolute Gasteiger partial charge is 0.331 e. The molecule has 6 heteroatoms. The minimum Gasteiger partial charge on any atom is -0.331 e. The Hall–Kier alpha value is -2.24. The number of aromatic nitrogens is 3. The third-order valence-corrected chi connectivity index (χ3v) is 5.14. The average Bonchev–Trinajstić information content (AvgIpc) is 3.36. The zero-order valence-corrected chi connectivity index (χ0v) is 14.5. The van der Waals surface area contributed by atoms with Gasteiger partial charge in [0.1, 0.15) is 11.6 Å². The van der Waals surface area contributed by atoms with E-state index in [1.807, 2.05) is 16.5 Å². The van der Waals surface area contributed by atoms with E-state index in [9.17, 15) is 9.18 Å². The van der Waals surface area contributed by atoms with Crippen LogP contribution >= 0.6 is 0 Å². The molecule has 1 fully saturated rings. The number of fused-ring (bicyclic) bond motifs is 1. The Balaban J connectivity index is 1.34. The summed E-state index contributed by atoms with van der Waals surface area (Å²) < 4.78 is 14.9. The lowest BCUT2D eigenvalue weighted by atomic mass is 10.1. The van der Waals surface area contributed by atoms with Gasteiger partial charge in [-0.05, 0) is 50.3 Å². The summed E-state index contributed by atoms with van der Waals surface area (Å²) in [5.74, 6) is 2.34. The molecule has 2 heterocycles. The van der Waals surface area contributed by atoms with E-state index in [0.29, 0.717) is 18.9 Å². The minimum atomic E-state index is -0.225. The van der Waals surface area contributed by atoms with Crippen LogP contribution in [0, 0.1) is 5.82 Å². The van der Waals surface area contributed by atoms with Crippen molar-refractivity contribution in [3.05, 3.63) is 47.3 Å². The Labute approximate surface area is 146 Å². The van der Waals surface area contributed by atoms with Crippen LogP contribution in [-0.4, -0.2) is 32.1 Å². The molecule has 1 aromatic heterocycles. The molecule has 0 saturated heterocycles. The molecule has 0 bridgehead atoms. The Morgan fingerprint density at radius 3 is 2.72 bits per heavy atom.